The second kappa shape index (κ2) is 7.32. The molecule has 1 amide bonds. The van der Waals surface area contributed by atoms with Gasteiger partial charge in [0.05, 0.1) is 6.04 Å². The van der Waals surface area contributed by atoms with Crippen molar-refractivity contribution >= 4 is 17.5 Å². The Labute approximate surface area is 136 Å². The number of hydrogen-bond acceptors (Lipinski definition) is 2. The molecule has 0 aliphatic carbocycles. The third-order valence-corrected chi connectivity index (χ3v) is 3.89. The molecule has 0 fully saturated rings. The fourth-order valence-electron chi connectivity index (χ4n) is 2.10. The predicted molar refractivity (Wildman–Crippen MR) is 89.3 cm³/mol. The van der Waals surface area contributed by atoms with E-state index in [9.17, 15) is 4.79 Å². The lowest BCUT2D eigenvalue weighted by molar-refractivity contribution is -0.127. The van der Waals surface area contributed by atoms with Gasteiger partial charge in [0, 0.05) is 5.02 Å². The maximum absolute atomic E-state index is 12.2. The average molecular weight is 318 g/mol. The molecule has 0 aromatic heterocycles. The van der Waals surface area contributed by atoms with Gasteiger partial charge in [0.25, 0.3) is 5.91 Å². The van der Waals surface area contributed by atoms with Gasteiger partial charge in [0.2, 0.25) is 0 Å². The van der Waals surface area contributed by atoms with E-state index in [0.29, 0.717) is 10.8 Å². The minimum atomic E-state index is -0.577. The molecule has 0 saturated heterocycles. The quantitative estimate of drug-likeness (QED) is 0.893. The van der Waals surface area contributed by atoms with Crippen molar-refractivity contribution in [2.45, 2.75) is 32.9 Å². The summed E-state index contributed by atoms with van der Waals surface area (Å²) < 4.78 is 5.68. The van der Waals surface area contributed by atoms with Crippen molar-refractivity contribution in [2.24, 2.45) is 0 Å². The number of benzene rings is 2. The van der Waals surface area contributed by atoms with Crippen LogP contribution in [0.1, 0.15) is 31.0 Å². The molecule has 0 unspecified atom stereocenters. The van der Waals surface area contributed by atoms with Gasteiger partial charge >= 0.3 is 0 Å². The summed E-state index contributed by atoms with van der Waals surface area (Å²) in [4.78, 5) is 12.2. The van der Waals surface area contributed by atoms with E-state index in [1.165, 1.54) is 0 Å². The van der Waals surface area contributed by atoms with E-state index < -0.39 is 6.10 Å². The van der Waals surface area contributed by atoms with Gasteiger partial charge in [-0.2, -0.15) is 0 Å². The maximum Gasteiger partial charge on any atom is 0.261 e. The highest BCUT2D eigenvalue weighted by Gasteiger charge is 2.17. The molecule has 0 heterocycles. The standard InChI is InChI=1S/C18H20ClNO2/c1-12-11-16(9-10-17(12)19)22-14(3)18(21)20-13(2)15-7-5-4-6-8-15/h4-11,13-14H,1-3H3,(H,20,21)/t13-,14-/m1/s1. The molecule has 0 aliphatic heterocycles. The molecule has 22 heavy (non-hydrogen) atoms. The first-order valence-corrected chi connectivity index (χ1v) is 7.63. The van der Waals surface area contributed by atoms with Gasteiger partial charge in [0.1, 0.15) is 5.75 Å². The molecular formula is C18H20ClNO2. The number of ether oxygens (including phenoxy) is 1. The van der Waals surface area contributed by atoms with Crippen molar-refractivity contribution < 1.29 is 9.53 Å². The summed E-state index contributed by atoms with van der Waals surface area (Å²) in [7, 11) is 0. The van der Waals surface area contributed by atoms with Crippen LogP contribution in [-0.2, 0) is 4.79 Å². The summed E-state index contributed by atoms with van der Waals surface area (Å²) in [5, 5.41) is 3.63. The van der Waals surface area contributed by atoms with Crippen molar-refractivity contribution in [1.29, 1.82) is 0 Å². The van der Waals surface area contributed by atoms with E-state index in [-0.39, 0.29) is 11.9 Å². The Hall–Kier alpha value is -2.00. The third-order valence-electron chi connectivity index (χ3n) is 3.47. The van der Waals surface area contributed by atoms with Gasteiger partial charge in [-0.3, -0.25) is 4.79 Å². The molecule has 2 rings (SSSR count). The molecule has 0 aliphatic rings. The van der Waals surface area contributed by atoms with Crippen LogP contribution < -0.4 is 10.1 Å². The Morgan fingerprint density at radius 1 is 1.14 bits per heavy atom. The summed E-state index contributed by atoms with van der Waals surface area (Å²) in [5.41, 5.74) is 1.98. The molecule has 0 saturated carbocycles. The third kappa shape index (κ3) is 4.25. The van der Waals surface area contributed by atoms with E-state index in [0.717, 1.165) is 11.1 Å². The monoisotopic (exact) mass is 317 g/mol. The fraction of sp³-hybridized carbons (Fsp3) is 0.278. The molecule has 2 aromatic rings. The zero-order valence-corrected chi connectivity index (χ0v) is 13.7. The minimum absolute atomic E-state index is 0.0632. The molecule has 4 heteroatoms. The zero-order chi connectivity index (χ0) is 16.1. The number of nitrogens with one attached hydrogen (secondary N) is 1. The van der Waals surface area contributed by atoms with E-state index in [1.807, 2.05) is 50.2 Å². The molecule has 0 bridgehead atoms. The van der Waals surface area contributed by atoms with E-state index >= 15 is 0 Å². The summed E-state index contributed by atoms with van der Waals surface area (Å²) >= 11 is 5.98. The smallest absolute Gasteiger partial charge is 0.261 e. The SMILES string of the molecule is Cc1cc(O[C@H](C)C(=O)N[C@H](C)c2ccccc2)ccc1Cl. The maximum atomic E-state index is 12.2. The molecular weight excluding hydrogens is 298 g/mol. The topological polar surface area (TPSA) is 38.3 Å². The second-order valence-corrected chi connectivity index (χ2v) is 5.72. The molecule has 2 atom stereocenters. The number of carbonyl (C=O) groups excluding carboxylic acids is 1. The van der Waals surface area contributed by atoms with Crippen LogP contribution in [0.4, 0.5) is 0 Å². The van der Waals surface area contributed by atoms with Crippen LogP contribution in [0.15, 0.2) is 48.5 Å². The molecule has 2 aromatic carbocycles. The Kier molecular flexibility index (Phi) is 5.45. The Morgan fingerprint density at radius 3 is 2.45 bits per heavy atom. The number of rotatable bonds is 5. The molecule has 116 valence electrons. The van der Waals surface area contributed by atoms with E-state index in [1.54, 1.807) is 19.1 Å². The fourth-order valence-corrected chi connectivity index (χ4v) is 2.22. The number of halogens is 1. The minimum Gasteiger partial charge on any atom is -0.481 e. The van der Waals surface area contributed by atoms with Crippen molar-refractivity contribution in [1.82, 2.24) is 5.32 Å². The highest BCUT2D eigenvalue weighted by atomic mass is 35.5. The van der Waals surface area contributed by atoms with Crippen LogP contribution in [0.3, 0.4) is 0 Å². The van der Waals surface area contributed by atoms with Crippen molar-refractivity contribution in [3.63, 3.8) is 0 Å². The Morgan fingerprint density at radius 2 is 1.82 bits per heavy atom. The lowest BCUT2D eigenvalue weighted by atomic mass is 10.1. The molecule has 0 radical (unpaired) electrons. The zero-order valence-electron chi connectivity index (χ0n) is 13.0. The van der Waals surface area contributed by atoms with Crippen LogP contribution in [0, 0.1) is 6.92 Å². The van der Waals surface area contributed by atoms with Crippen LogP contribution in [0.2, 0.25) is 5.02 Å². The summed E-state index contributed by atoms with van der Waals surface area (Å²) in [5.74, 6) is 0.487. The van der Waals surface area contributed by atoms with Gasteiger partial charge in [-0.1, -0.05) is 41.9 Å². The Balaban J connectivity index is 1.95. The van der Waals surface area contributed by atoms with Crippen LogP contribution in [0.25, 0.3) is 0 Å². The van der Waals surface area contributed by atoms with Crippen LogP contribution in [0.5, 0.6) is 5.75 Å². The molecule has 0 spiro atoms. The van der Waals surface area contributed by atoms with Gasteiger partial charge in [-0.15, -0.1) is 0 Å². The average Bonchev–Trinajstić information content (AvgIpc) is 2.51. The van der Waals surface area contributed by atoms with Crippen LogP contribution >= 0.6 is 11.6 Å². The summed E-state index contributed by atoms with van der Waals surface area (Å²) in [6.45, 7) is 5.58. The highest BCUT2D eigenvalue weighted by Crippen LogP contribution is 2.22. The number of hydrogen-bond donors (Lipinski definition) is 1. The van der Waals surface area contributed by atoms with Gasteiger partial charge in [0.15, 0.2) is 6.10 Å². The van der Waals surface area contributed by atoms with Gasteiger partial charge < -0.3 is 10.1 Å². The first-order valence-electron chi connectivity index (χ1n) is 7.25. The summed E-state index contributed by atoms with van der Waals surface area (Å²) in [6, 6.07) is 15.1. The number of aryl methyl sites for hydroxylation is 1. The van der Waals surface area contributed by atoms with Crippen molar-refractivity contribution in [2.75, 3.05) is 0 Å². The van der Waals surface area contributed by atoms with Crippen molar-refractivity contribution in [3.05, 3.63) is 64.7 Å². The normalized spacial score (nSPS) is 13.3. The second-order valence-electron chi connectivity index (χ2n) is 5.31. The number of carbonyl (C=O) groups is 1. The number of amides is 1. The highest BCUT2D eigenvalue weighted by molar-refractivity contribution is 6.31. The Bertz CT molecular complexity index is 643. The van der Waals surface area contributed by atoms with E-state index in [2.05, 4.69) is 5.32 Å². The summed E-state index contributed by atoms with van der Waals surface area (Å²) in [6.07, 6.45) is -0.577. The lowest BCUT2D eigenvalue weighted by Gasteiger charge is -2.19. The van der Waals surface area contributed by atoms with Crippen LogP contribution in [-0.4, -0.2) is 12.0 Å². The predicted octanol–water partition coefficient (Wildman–Crippen LogP) is 4.29. The first kappa shape index (κ1) is 16.4. The van der Waals surface area contributed by atoms with Gasteiger partial charge in [-0.05, 0) is 50.1 Å². The van der Waals surface area contributed by atoms with E-state index in [4.69, 9.17) is 16.3 Å². The first-order chi connectivity index (χ1) is 10.5. The molecule has 3 nitrogen and oxygen atoms in total. The lowest BCUT2D eigenvalue weighted by Crippen LogP contribution is -2.37. The van der Waals surface area contributed by atoms with Gasteiger partial charge in [-0.25, -0.2) is 0 Å². The molecule has 1 N–H and O–H groups in total. The van der Waals surface area contributed by atoms with Crippen molar-refractivity contribution in [3.8, 4) is 5.75 Å². The largest absolute Gasteiger partial charge is 0.481 e.